The van der Waals surface area contributed by atoms with Crippen LogP contribution in [0, 0.1) is 11.3 Å². The van der Waals surface area contributed by atoms with E-state index in [-0.39, 0.29) is 67.7 Å². The van der Waals surface area contributed by atoms with Crippen LogP contribution in [0.2, 0.25) is 0 Å². The third-order valence-corrected chi connectivity index (χ3v) is 15.0. The second kappa shape index (κ2) is 15.1. The number of para-hydroxylation sites is 6. The molecule has 6 heterocycles. The van der Waals surface area contributed by atoms with Crippen LogP contribution < -0.4 is 0 Å². The molecule has 0 amide bonds. The van der Waals surface area contributed by atoms with E-state index in [1.807, 2.05) is 120 Å². The van der Waals surface area contributed by atoms with Gasteiger partial charge in [0.25, 0.3) is 0 Å². The van der Waals surface area contributed by atoms with Crippen LogP contribution in [0.3, 0.4) is 0 Å². The molecule has 16 aromatic rings. The second-order valence-corrected chi connectivity index (χ2v) is 18.7. The summed E-state index contributed by atoms with van der Waals surface area (Å²) in [6.45, 7) is 0. The fraction of sp³-hybridized carbons (Fsp3) is 0. The minimum Gasteiger partial charge on any atom is -0.308 e. The van der Waals surface area contributed by atoms with E-state index >= 15 is 0 Å². The number of hydrogen-bond donors (Lipinski definition) is 0. The van der Waals surface area contributed by atoms with Gasteiger partial charge in [-0.3, -0.25) is 9.13 Å². The van der Waals surface area contributed by atoms with E-state index in [4.69, 9.17) is 19.1 Å². The van der Waals surface area contributed by atoms with Crippen LogP contribution in [0.15, 0.2) is 218 Å². The average Bonchev–Trinajstić information content (AvgIpc) is 1.61. The molecular weight excluding hydrogens is 913 g/mol. The number of rotatable bonds is 5. The number of hydrogen-bond acceptors (Lipinski definition) is 5. The molecule has 0 bridgehead atoms. The van der Waals surface area contributed by atoms with Gasteiger partial charge in [0.05, 0.1) is 91.9 Å². The second-order valence-electron chi connectivity index (χ2n) is 17.6. The Bertz CT molecular complexity index is 5880. The van der Waals surface area contributed by atoms with Crippen molar-refractivity contribution in [3.63, 3.8) is 0 Å². The molecule has 0 aliphatic heterocycles. The van der Waals surface area contributed by atoms with Gasteiger partial charge in [0.2, 0.25) is 11.9 Å². The highest BCUT2D eigenvalue weighted by molar-refractivity contribution is 7.26. The Morgan fingerprint density at radius 1 is 0.397 bits per heavy atom. The van der Waals surface area contributed by atoms with Crippen LogP contribution >= 0.6 is 11.3 Å². The Balaban J connectivity index is 1.21. The SMILES string of the molecule is [2H]c1c([2H])c(-n2c3c([2H])c([2H])c([2H])c([2H])c3c3c([2H])c(C#N)c([2H])c([2H])c32)c(-c2nc(-n3c4ccccc4c4ccccc43)nc(-n3c4ccccc4c4c([2H])c([2H])c([2H])c([2H])c43)n2)c(-n2c3ccccc3c3ccc4sc5ccccc5c4c32)c1[2H]. The molecule has 0 aliphatic rings. The van der Waals surface area contributed by atoms with Crippen LogP contribution in [-0.2, 0) is 0 Å². The lowest BCUT2D eigenvalue weighted by atomic mass is 10.1. The monoisotopic (exact) mass is 962 g/mol. The summed E-state index contributed by atoms with van der Waals surface area (Å²) in [6.07, 6.45) is 0. The van der Waals surface area contributed by atoms with Gasteiger partial charge in [-0.2, -0.15) is 20.2 Å². The van der Waals surface area contributed by atoms with Gasteiger partial charge in [-0.05, 0) is 78.7 Å². The molecule has 0 aliphatic carbocycles. The average molecular weight is 963 g/mol. The molecule has 0 fully saturated rings. The quantitative estimate of drug-likeness (QED) is 0.172. The predicted octanol–water partition coefficient (Wildman–Crippen LogP) is 16.2. The lowest BCUT2D eigenvalue weighted by Crippen LogP contribution is -2.12. The maximum atomic E-state index is 10.5. The zero-order valence-electron chi connectivity index (χ0n) is 51.7. The molecule has 10 aromatic carbocycles. The van der Waals surface area contributed by atoms with E-state index in [9.17, 15) is 20.3 Å². The molecule has 0 atom stereocenters. The Morgan fingerprint density at radius 2 is 0.904 bits per heavy atom. The minimum absolute atomic E-state index is 0.00227. The minimum atomic E-state index is -0.737. The Labute approximate surface area is 439 Å². The Morgan fingerprint density at radius 3 is 1.56 bits per heavy atom. The van der Waals surface area contributed by atoms with Crippen molar-refractivity contribution in [3.8, 4) is 40.7 Å². The first-order valence-corrected chi connectivity index (χ1v) is 24.0. The maximum Gasteiger partial charge on any atom is 0.240 e. The normalized spacial score (nSPS) is 14.8. The first kappa shape index (κ1) is 28.7. The third kappa shape index (κ3) is 5.55. The van der Waals surface area contributed by atoms with Gasteiger partial charge in [-0.1, -0.05) is 139 Å². The topological polar surface area (TPSA) is 82.2 Å². The predicted molar refractivity (Wildman–Crippen MR) is 300 cm³/mol. The molecule has 6 aromatic heterocycles. The molecular formula is C64H36N8S. The van der Waals surface area contributed by atoms with Crippen LogP contribution in [-0.4, -0.2) is 33.2 Å². The first-order valence-electron chi connectivity index (χ1n) is 30.2. The van der Waals surface area contributed by atoms with E-state index in [0.29, 0.717) is 33.0 Å². The summed E-state index contributed by atoms with van der Waals surface area (Å²) in [5.74, 6) is -0.599. The number of nitriles is 1. The zero-order valence-corrected chi connectivity index (χ0v) is 38.5. The molecule has 0 N–H and O–H groups in total. The number of benzene rings is 10. The van der Waals surface area contributed by atoms with Gasteiger partial charge < -0.3 is 9.13 Å². The summed E-state index contributed by atoms with van der Waals surface area (Å²) in [6, 6.07) is 34.8. The Hall–Kier alpha value is -9.88. The summed E-state index contributed by atoms with van der Waals surface area (Å²) in [5.41, 5.74) is 0.665. The largest absolute Gasteiger partial charge is 0.308 e. The highest BCUT2D eigenvalue weighted by Gasteiger charge is 2.28. The number of aromatic nitrogens is 7. The fourth-order valence-corrected chi connectivity index (χ4v) is 12.0. The molecule has 9 heteroatoms. The number of fused-ring (bicyclic) bond motifs is 16. The molecule has 338 valence electrons. The van der Waals surface area contributed by atoms with Crippen molar-refractivity contribution in [2.75, 3.05) is 0 Å². The van der Waals surface area contributed by atoms with Gasteiger partial charge in [0.1, 0.15) is 0 Å². The summed E-state index contributed by atoms with van der Waals surface area (Å²) in [7, 11) is 0. The molecule has 0 saturated heterocycles. The van der Waals surface area contributed by atoms with E-state index in [1.54, 1.807) is 40.2 Å². The fourth-order valence-electron chi connectivity index (χ4n) is 10.9. The van der Waals surface area contributed by atoms with Crippen LogP contribution in [0.1, 0.15) is 24.8 Å². The van der Waals surface area contributed by atoms with E-state index in [2.05, 4.69) is 0 Å². The van der Waals surface area contributed by atoms with Crippen molar-refractivity contribution < 1.29 is 19.2 Å². The van der Waals surface area contributed by atoms with Crippen LogP contribution in [0.25, 0.3) is 142 Å². The molecule has 73 heavy (non-hydrogen) atoms. The van der Waals surface area contributed by atoms with Crippen molar-refractivity contribution in [2.24, 2.45) is 0 Å². The molecule has 0 unspecified atom stereocenters. The summed E-state index contributed by atoms with van der Waals surface area (Å²) < 4.78 is 142. The molecule has 0 radical (unpaired) electrons. The van der Waals surface area contributed by atoms with Crippen LogP contribution in [0.4, 0.5) is 0 Å². The van der Waals surface area contributed by atoms with Crippen molar-refractivity contribution in [1.29, 1.82) is 5.26 Å². The third-order valence-electron chi connectivity index (χ3n) is 13.8. The lowest BCUT2D eigenvalue weighted by Gasteiger charge is -2.20. The molecule has 0 spiro atoms. The summed E-state index contributed by atoms with van der Waals surface area (Å²) in [5, 5.41) is 15.2. The molecule has 16 rings (SSSR count). The lowest BCUT2D eigenvalue weighted by molar-refractivity contribution is 0.891. The molecule has 8 nitrogen and oxygen atoms in total. The van der Waals surface area contributed by atoms with Gasteiger partial charge >= 0.3 is 0 Å². The highest BCUT2D eigenvalue weighted by atomic mass is 32.1. The maximum absolute atomic E-state index is 10.5. The van der Waals surface area contributed by atoms with E-state index in [0.717, 1.165) is 46.3 Å². The molecule has 0 saturated carbocycles. The van der Waals surface area contributed by atoms with E-state index < -0.39 is 89.8 Å². The highest BCUT2D eigenvalue weighted by Crippen LogP contribution is 2.46. The van der Waals surface area contributed by atoms with Crippen molar-refractivity contribution in [3.05, 3.63) is 224 Å². The first-order chi connectivity index (χ1) is 42.0. The van der Waals surface area contributed by atoms with Gasteiger partial charge in [0.15, 0.2) is 5.82 Å². The summed E-state index contributed by atoms with van der Waals surface area (Å²) in [4.78, 5) is 16.1. The van der Waals surface area contributed by atoms with Gasteiger partial charge in [0, 0.05) is 63.3 Å². The van der Waals surface area contributed by atoms with Gasteiger partial charge in [-0.15, -0.1) is 11.3 Å². The number of thiophene rings is 1. The smallest absolute Gasteiger partial charge is 0.240 e. The zero-order chi connectivity index (χ0) is 60.1. The van der Waals surface area contributed by atoms with Crippen LogP contribution in [0.5, 0.6) is 0 Å². The van der Waals surface area contributed by atoms with Crippen molar-refractivity contribution in [1.82, 2.24) is 33.2 Å². The van der Waals surface area contributed by atoms with E-state index in [1.165, 1.54) is 4.57 Å². The van der Waals surface area contributed by atoms with Crippen molar-refractivity contribution >= 4 is 119 Å². The number of nitrogens with zero attached hydrogens (tertiary/aromatic N) is 8. The summed E-state index contributed by atoms with van der Waals surface area (Å²) >= 11 is 1.55. The van der Waals surface area contributed by atoms with Crippen molar-refractivity contribution in [2.45, 2.75) is 0 Å². The van der Waals surface area contributed by atoms with Gasteiger partial charge in [-0.25, -0.2) is 0 Å². The standard InChI is InChI=1S/C64H36N8S/c65-37-38-32-34-54-47(36-38)44-21-6-8-23-48(44)69(54)55-29-15-30-56(70-49-24-9-5-20-43(49)45-33-35-58-59(61(45)70)46-22-7-14-31-57(46)73-58)60(55)62-66-63(71-50-25-10-1-16-39(50)40-17-2-11-26-51(40)71)68-64(67-62)72-52-27-12-3-18-41(52)42-19-4-13-28-53(42)72/h1-36H/i1D,6D,8D,10D,15D,16D,21D,23D,25D,29D,30D,32D,34D,36D. The Kier molecular flexibility index (Phi) is 5.92.